The highest BCUT2D eigenvalue weighted by atomic mass is 16.5. The van der Waals surface area contributed by atoms with Crippen molar-refractivity contribution in [2.45, 2.75) is 13.0 Å². The van der Waals surface area contributed by atoms with Gasteiger partial charge in [0, 0.05) is 13.1 Å². The zero-order valence-electron chi connectivity index (χ0n) is 15.5. The molecule has 1 heterocycles. The van der Waals surface area contributed by atoms with Crippen molar-refractivity contribution in [3.05, 3.63) is 54.1 Å². The van der Waals surface area contributed by atoms with Crippen LogP contribution in [0.3, 0.4) is 0 Å². The van der Waals surface area contributed by atoms with E-state index >= 15 is 0 Å². The molecule has 3 amide bonds. The molecular formula is C20H22N4O4. The van der Waals surface area contributed by atoms with E-state index in [1.807, 2.05) is 0 Å². The SMILES string of the molecule is CC1Oc2ccccc2N(CC(=O)Nc2ccccc2C(=O)NCCN)C1=O. The van der Waals surface area contributed by atoms with Gasteiger partial charge < -0.3 is 21.1 Å². The molecule has 0 bridgehead atoms. The van der Waals surface area contributed by atoms with Crippen molar-refractivity contribution < 1.29 is 19.1 Å². The Labute approximate surface area is 162 Å². The fourth-order valence-corrected chi connectivity index (χ4v) is 2.93. The van der Waals surface area contributed by atoms with Crippen LogP contribution in [0.1, 0.15) is 17.3 Å². The van der Waals surface area contributed by atoms with Gasteiger partial charge in [0.25, 0.3) is 11.8 Å². The molecule has 0 aliphatic carbocycles. The molecule has 3 rings (SSSR count). The van der Waals surface area contributed by atoms with Crippen molar-refractivity contribution in [3.8, 4) is 5.75 Å². The lowest BCUT2D eigenvalue weighted by molar-refractivity contribution is -0.127. The van der Waals surface area contributed by atoms with Gasteiger partial charge in [0.2, 0.25) is 5.91 Å². The maximum Gasteiger partial charge on any atom is 0.268 e. The van der Waals surface area contributed by atoms with Crippen LogP contribution < -0.4 is 26.0 Å². The van der Waals surface area contributed by atoms with E-state index in [-0.39, 0.29) is 18.4 Å². The van der Waals surface area contributed by atoms with Crippen LogP contribution in [0.15, 0.2) is 48.5 Å². The third kappa shape index (κ3) is 4.12. The minimum atomic E-state index is -0.683. The first-order chi connectivity index (χ1) is 13.5. The fraction of sp³-hybridized carbons (Fsp3) is 0.250. The second kappa shape index (κ2) is 8.53. The molecule has 1 aliphatic rings. The quantitative estimate of drug-likeness (QED) is 0.693. The highest BCUT2D eigenvalue weighted by Crippen LogP contribution is 2.33. The summed E-state index contributed by atoms with van der Waals surface area (Å²) in [5.74, 6) is -0.508. The third-order valence-corrected chi connectivity index (χ3v) is 4.25. The van der Waals surface area contributed by atoms with E-state index < -0.39 is 12.0 Å². The van der Waals surface area contributed by atoms with Gasteiger partial charge in [0.15, 0.2) is 6.10 Å². The fourth-order valence-electron chi connectivity index (χ4n) is 2.93. The van der Waals surface area contributed by atoms with Crippen LogP contribution in [0.2, 0.25) is 0 Å². The lowest BCUT2D eigenvalue weighted by Crippen LogP contribution is -2.47. The number of para-hydroxylation sites is 3. The summed E-state index contributed by atoms with van der Waals surface area (Å²) in [6, 6.07) is 13.7. The molecule has 4 N–H and O–H groups in total. The number of nitrogens with two attached hydrogens (primary N) is 1. The molecule has 2 aromatic carbocycles. The molecule has 0 radical (unpaired) electrons. The molecule has 0 saturated carbocycles. The lowest BCUT2D eigenvalue weighted by atomic mass is 10.1. The maximum absolute atomic E-state index is 12.6. The molecule has 146 valence electrons. The van der Waals surface area contributed by atoms with Gasteiger partial charge in [0.1, 0.15) is 12.3 Å². The summed E-state index contributed by atoms with van der Waals surface area (Å²) in [5, 5.41) is 5.39. The van der Waals surface area contributed by atoms with Crippen molar-refractivity contribution in [2.75, 3.05) is 29.9 Å². The van der Waals surface area contributed by atoms with E-state index in [4.69, 9.17) is 10.5 Å². The van der Waals surface area contributed by atoms with Gasteiger partial charge in [-0.15, -0.1) is 0 Å². The van der Waals surface area contributed by atoms with Gasteiger partial charge in [0.05, 0.1) is 16.9 Å². The Bertz CT molecular complexity index is 899. The Morgan fingerprint density at radius 3 is 2.64 bits per heavy atom. The van der Waals surface area contributed by atoms with E-state index in [2.05, 4.69) is 10.6 Å². The summed E-state index contributed by atoms with van der Waals surface area (Å²) in [6.45, 7) is 2.09. The number of hydrogen-bond donors (Lipinski definition) is 3. The number of carbonyl (C=O) groups is 3. The highest BCUT2D eigenvalue weighted by Gasteiger charge is 2.32. The molecule has 1 aliphatic heterocycles. The Kier molecular flexibility index (Phi) is 5.90. The second-order valence-electron chi connectivity index (χ2n) is 6.29. The highest BCUT2D eigenvalue weighted by molar-refractivity contribution is 6.08. The number of carbonyl (C=O) groups excluding carboxylic acids is 3. The number of nitrogens with one attached hydrogen (secondary N) is 2. The van der Waals surface area contributed by atoms with Crippen molar-refractivity contribution in [2.24, 2.45) is 5.73 Å². The summed E-state index contributed by atoms with van der Waals surface area (Å²) < 4.78 is 5.58. The first-order valence-electron chi connectivity index (χ1n) is 8.95. The molecule has 0 saturated heterocycles. The van der Waals surface area contributed by atoms with E-state index in [9.17, 15) is 14.4 Å². The normalized spacial score (nSPS) is 15.4. The number of fused-ring (bicyclic) bond motifs is 1. The molecule has 2 aromatic rings. The third-order valence-electron chi connectivity index (χ3n) is 4.25. The van der Waals surface area contributed by atoms with E-state index in [1.165, 1.54) is 4.90 Å². The number of hydrogen-bond acceptors (Lipinski definition) is 5. The average molecular weight is 382 g/mol. The Hall–Kier alpha value is -3.39. The predicted molar refractivity (Wildman–Crippen MR) is 105 cm³/mol. The zero-order chi connectivity index (χ0) is 20.1. The number of amides is 3. The molecule has 8 heteroatoms. The van der Waals surface area contributed by atoms with E-state index in [0.717, 1.165) is 0 Å². The number of anilines is 2. The molecule has 0 spiro atoms. The first kappa shape index (κ1) is 19.4. The maximum atomic E-state index is 12.6. The van der Waals surface area contributed by atoms with Gasteiger partial charge in [-0.2, -0.15) is 0 Å². The van der Waals surface area contributed by atoms with Gasteiger partial charge in [-0.3, -0.25) is 19.3 Å². The van der Waals surface area contributed by atoms with Crippen molar-refractivity contribution in [3.63, 3.8) is 0 Å². The van der Waals surface area contributed by atoms with Crippen LogP contribution in [0.5, 0.6) is 5.75 Å². The second-order valence-corrected chi connectivity index (χ2v) is 6.29. The largest absolute Gasteiger partial charge is 0.479 e. The molecule has 1 atom stereocenters. The molecule has 8 nitrogen and oxygen atoms in total. The summed E-state index contributed by atoms with van der Waals surface area (Å²) in [6.07, 6.45) is -0.683. The number of nitrogens with zero attached hydrogens (tertiary/aromatic N) is 1. The standard InChI is InChI=1S/C20H22N4O4/c1-13-20(27)24(16-8-4-5-9-17(16)28-13)12-18(25)23-15-7-3-2-6-14(15)19(26)22-11-10-21/h2-9,13H,10-12,21H2,1H3,(H,22,26)(H,23,25). The lowest BCUT2D eigenvalue weighted by Gasteiger charge is -2.32. The van der Waals surface area contributed by atoms with Gasteiger partial charge in [-0.05, 0) is 31.2 Å². The van der Waals surface area contributed by atoms with Crippen molar-refractivity contribution in [1.82, 2.24) is 5.32 Å². The first-order valence-corrected chi connectivity index (χ1v) is 8.95. The molecule has 1 unspecified atom stereocenters. The van der Waals surface area contributed by atoms with Crippen LogP contribution in [0.4, 0.5) is 11.4 Å². The molecule has 28 heavy (non-hydrogen) atoms. The summed E-state index contributed by atoms with van der Waals surface area (Å²) in [7, 11) is 0. The molecular weight excluding hydrogens is 360 g/mol. The number of rotatable bonds is 6. The van der Waals surface area contributed by atoms with Crippen molar-refractivity contribution in [1.29, 1.82) is 0 Å². The topological polar surface area (TPSA) is 114 Å². The van der Waals surface area contributed by atoms with Crippen LogP contribution >= 0.6 is 0 Å². The molecule has 0 fully saturated rings. The molecule has 0 aromatic heterocycles. The van der Waals surface area contributed by atoms with Crippen LogP contribution in [0.25, 0.3) is 0 Å². The predicted octanol–water partition coefficient (Wildman–Crippen LogP) is 1.13. The van der Waals surface area contributed by atoms with Gasteiger partial charge in [-0.1, -0.05) is 24.3 Å². The van der Waals surface area contributed by atoms with Crippen LogP contribution in [0, 0.1) is 0 Å². The average Bonchev–Trinajstić information content (AvgIpc) is 2.70. The van der Waals surface area contributed by atoms with Crippen molar-refractivity contribution >= 4 is 29.1 Å². The summed E-state index contributed by atoms with van der Waals surface area (Å²) >= 11 is 0. The number of benzene rings is 2. The Balaban J connectivity index is 1.76. The summed E-state index contributed by atoms with van der Waals surface area (Å²) in [5.41, 5.74) is 6.64. The smallest absolute Gasteiger partial charge is 0.268 e. The monoisotopic (exact) mass is 382 g/mol. The Morgan fingerprint density at radius 1 is 1.14 bits per heavy atom. The van der Waals surface area contributed by atoms with Gasteiger partial charge in [-0.25, -0.2) is 0 Å². The summed E-state index contributed by atoms with van der Waals surface area (Å²) in [4.78, 5) is 38.8. The minimum Gasteiger partial charge on any atom is -0.479 e. The van der Waals surface area contributed by atoms with Crippen LogP contribution in [-0.2, 0) is 9.59 Å². The minimum absolute atomic E-state index is 0.192. The number of ether oxygens (including phenoxy) is 1. The Morgan fingerprint density at radius 2 is 1.86 bits per heavy atom. The van der Waals surface area contributed by atoms with Crippen LogP contribution in [-0.4, -0.2) is 43.5 Å². The van der Waals surface area contributed by atoms with Gasteiger partial charge >= 0.3 is 0 Å². The van der Waals surface area contributed by atoms with E-state index in [1.54, 1.807) is 55.5 Å². The van der Waals surface area contributed by atoms with E-state index in [0.29, 0.717) is 35.8 Å². The zero-order valence-corrected chi connectivity index (χ0v) is 15.5.